The summed E-state index contributed by atoms with van der Waals surface area (Å²) in [5, 5.41) is 26.6. The van der Waals surface area contributed by atoms with Gasteiger partial charge in [0.1, 0.15) is 0 Å². The van der Waals surface area contributed by atoms with E-state index < -0.39 is 6.10 Å². The molecule has 0 aromatic rings. The molecule has 0 amide bonds. The summed E-state index contributed by atoms with van der Waals surface area (Å²) in [5.41, 5.74) is 0. The lowest BCUT2D eigenvalue weighted by Crippen LogP contribution is -2.11. The van der Waals surface area contributed by atoms with E-state index in [1.807, 2.05) is 6.92 Å². The first-order chi connectivity index (χ1) is 5.70. The van der Waals surface area contributed by atoms with Crippen LogP contribution in [-0.4, -0.2) is 34.1 Å². The third-order valence-electron chi connectivity index (χ3n) is 2.01. The van der Waals surface area contributed by atoms with Gasteiger partial charge in [0.2, 0.25) is 0 Å². The van der Waals surface area contributed by atoms with E-state index in [1.54, 1.807) is 0 Å². The van der Waals surface area contributed by atoms with E-state index in [2.05, 4.69) is 0 Å². The second-order valence-corrected chi connectivity index (χ2v) is 3.18. The van der Waals surface area contributed by atoms with Crippen molar-refractivity contribution < 1.29 is 15.3 Å². The summed E-state index contributed by atoms with van der Waals surface area (Å²) in [6, 6.07) is 0. The minimum absolute atomic E-state index is 0.156. The molecule has 0 radical (unpaired) electrons. The lowest BCUT2D eigenvalue weighted by molar-refractivity contribution is 0.0840. The van der Waals surface area contributed by atoms with Crippen LogP contribution in [0.3, 0.4) is 0 Å². The standard InChI is InChI=1S/C9H20O3/c1-2-8(11)5-3-4-6-9(12)7-10/h8-12H,2-7H2,1H3. The minimum atomic E-state index is -0.580. The molecule has 0 fully saturated rings. The van der Waals surface area contributed by atoms with Crippen LogP contribution < -0.4 is 0 Å². The van der Waals surface area contributed by atoms with Gasteiger partial charge < -0.3 is 15.3 Å². The molecular weight excluding hydrogens is 156 g/mol. The van der Waals surface area contributed by atoms with Crippen LogP contribution in [0.4, 0.5) is 0 Å². The number of aliphatic hydroxyl groups excluding tert-OH is 3. The van der Waals surface area contributed by atoms with Gasteiger partial charge in [-0.3, -0.25) is 0 Å². The second kappa shape index (κ2) is 7.53. The third-order valence-corrected chi connectivity index (χ3v) is 2.01. The molecule has 2 unspecified atom stereocenters. The molecule has 0 aromatic heterocycles. The number of hydrogen-bond donors (Lipinski definition) is 3. The first kappa shape index (κ1) is 11.9. The quantitative estimate of drug-likeness (QED) is 0.500. The van der Waals surface area contributed by atoms with E-state index in [1.165, 1.54) is 0 Å². The fourth-order valence-corrected chi connectivity index (χ4v) is 1.06. The topological polar surface area (TPSA) is 60.7 Å². The maximum atomic E-state index is 9.17. The van der Waals surface area contributed by atoms with Crippen LogP contribution in [-0.2, 0) is 0 Å². The molecule has 0 aromatic carbocycles. The van der Waals surface area contributed by atoms with Crippen LogP contribution >= 0.6 is 0 Å². The molecule has 74 valence electrons. The number of hydrogen-bond acceptors (Lipinski definition) is 3. The summed E-state index contributed by atoms with van der Waals surface area (Å²) in [7, 11) is 0. The molecular formula is C9H20O3. The summed E-state index contributed by atoms with van der Waals surface area (Å²) in [4.78, 5) is 0. The predicted octanol–water partition coefficient (Wildman–Crippen LogP) is 0.671. The molecule has 3 nitrogen and oxygen atoms in total. The van der Waals surface area contributed by atoms with Crippen molar-refractivity contribution in [3.8, 4) is 0 Å². The van der Waals surface area contributed by atoms with Crippen molar-refractivity contribution in [1.82, 2.24) is 0 Å². The summed E-state index contributed by atoms with van der Waals surface area (Å²) in [5.74, 6) is 0. The molecule has 0 saturated heterocycles. The van der Waals surface area contributed by atoms with E-state index >= 15 is 0 Å². The van der Waals surface area contributed by atoms with Gasteiger partial charge in [-0.2, -0.15) is 0 Å². The van der Waals surface area contributed by atoms with Gasteiger partial charge in [0.25, 0.3) is 0 Å². The number of unbranched alkanes of at least 4 members (excludes halogenated alkanes) is 1. The summed E-state index contributed by atoms with van der Waals surface area (Å²) in [6.45, 7) is 1.80. The van der Waals surface area contributed by atoms with Crippen LogP contribution in [0.15, 0.2) is 0 Å². The molecule has 3 N–H and O–H groups in total. The Labute approximate surface area is 74.0 Å². The molecule has 0 heterocycles. The Morgan fingerprint density at radius 1 is 1.00 bits per heavy atom. The fourth-order valence-electron chi connectivity index (χ4n) is 1.06. The molecule has 0 rings (SSSR count). The van der Waals surface area contributed by atoms with E-state index in [-0.39, 0.29) is 12.7 Å². The molecule has 0 aliphatic rings. The van der Waals surface area contributed by atoms with E-state index in [0.29, 0.717) is 6.42 Å². The fraction of sp³-hybridized carbons (Fsp3) is 1.00. The van der Waals surface area contributed by atoms with Crippen molar-refractivity contribution in [3.05, 3.63) is 0 Å². The van der Waals surface area contributed by atoms with E-state index in [4.69, 9.17) is 15.3 Å². The van der Waals surface area contributed by atoms with Crippen molar-refractivity contribution in [2.24, 2.45) is 0 Å². The van der Waals surface area contributed by atoms with Crippen molar-refractivity contribution in [2.75, 3.05) is 6.61 Å². The summed E-state index contributed by atoms with van der Waals surface area (Å²) < 4.78 is 0. The Bertz CT molecular complexity index is 83.8. The first-order valence-corrected chi connectivity index (χ1v) is 4.67. The molecule has 0 saturated carbocycles. The second-order valence-electron chi connectivity index (χ2n) is 3.18. The van der Waals surface area contributed by atoms with Crippen molar-refractivity contribution in [2.45, 2.75) is 51.2 Å². The highest BCUT2D eigenvalue weighted by Gasteiger charge is 2.03. The lowest BCUT2D eigenvalue weighted by Gasteiger charge is -2.08. The third kappa shape index (κ3) is 6.58. The molecule has 0 aliphatic heterocycles. The van der Waals surface area contributed by atoms with E-state index in [9.17, 15) is 0 Å². The Balaban J connectivity index is 3.10. The van der Waals surface area contributed by atoms with Gasteiger partial charge in [-0.1, -0.05) is 19.8 Å². The van der Waals surface area contributed by atoms with Gasteiger partial charge in [-0.05, 0) is 19.3 Å². The van der Waals surface area contributed by atoms with Gasteiger partial charge in [-0.15, -0.1) is 0 Å². The minimum Gasteiger partial charge on any atom is -0.394 e. The van der Waals surface area contributed by atoms with Crippen LogP contribution in [0.25, 0.3) is 0 Å². The largest absolute Gasteiger partial charge is 0.394 e. The predicted molar refractivity (Wildman–Crippen MR) is 47.9 cm³/mol. The van der Waals surface area contributed by atoms with Gasteiger partial charge in [0, 0.05) is 0 Å². The molecule has 0 bridgehead atoms. The Hall–Kier alpha value is -0.120. The van der Waals surface area contributed by atoms with Crippen molar-refractivity contribution in [1.29, 1.82) is 0 Å². The smallest absolute Gasteiger partial charge is 0.0770 e. The normalized spacial score (nSPS) is 16.0. The number of rotatable bonds is 7. The zero-order valence-corrected chi connectivity index (χ0v) is 7.74. The van der Waals surface area contributed by atoms with Gasteiger partial charge in [0.05, 0.1) is 18.8 Å². The Kier molecular flexibility index (Phi) is 7.45. The SMILES string of the molecule is CCC(O)CCCCC(O)CO. The van der Waals surface area contributed by atoms with Crippen LogP contribution in [0.2, 0.25) is 0 Å². The molecule has 3 heteroatoms. The lowest BCUT2D eigenvalue weighted by atomic mass is 10.1. The van der Waals surface area contributed by atoms with Crippen molar-refractivity contribution in [3.63, 3.8) is 0 Å². The maximum Gasteiger partial charge on any atom is 0.0770 e. The van der Waals surface area contributed by atoms with Gasteiger partial charge in [0.15, 0.2) is 0 Å². The zero-order valence-electron chi connectivity index (χ0n) is 7.74. The van der Waals surface area contributed by atoms with Gasteiger partial charge >= 0.3 is 0 Å². The maximum absolute atomic E-state index is 9.17. The molecule has 12 heavy (non-hydrogen) atoms. The monoisotopic (exact) mass is 176 g/mol. The van der Waals surface area contributed by atoms with Crippen molar-refractivity contribution >= 4 is 0 Å². The van der Waals surface area contributed by atoms with Crippen LogP contribution in [0.1, 0.15) is 39.0 Å². The highest BCUT2D eigenvalue weighted by Crippen LogP contribution is 2.07. The highest BCUT2D eigenvalue weighted by atomic mass is 16.3. The van der Waals surface area contributed by atoms with Crippen LogP contribution in [0.5, 0.6) is 0 Å². The molecule has 2 atom stereocenters. The average Bonchev–Trinajstić information content (AvgIpc) is 2.11. The summed E-state index contributed by atoms with van der Waals surface area (Å²) >= 11 is 0. The Morgan fingerprint density at radius 2 is 1.50 bits per heavy atom. The van der Waals surface area contributed by atoms with Crippen LogP contribution in [0, 0.1) is 0 Å². The number of aliphatic hydroxyl groups is 3. The van der Waals surface area contributed by atoms with E-state index in [0.717, 1.165) is 25.7 Å². The summed E-state index contributed by atoms with van der Waals surface area (Å²) in [6.07, 6.45) is 3.25. The first-order valence-electron chi connectivity index (χ1n) is 4.67. The Morgan fingerprint density at radius 3 is 1.92 bits per heavy atom. The molecule has 0 aliphatic carbocycles. The van der Waals surface area contributed by atoms with Gasteiger partial charge in [-0.25, -0.2) is 0 Å². The molecule has 0 spiro atoms. The zero-order chi connectivity index (χ0) is 9.40. The highest BCUT2D eigenvalue weighted by molar-refractivity contribution is 4.56. The average molecular weight is 176 g/mol.